The fourth-order valence-electron chi connectivity index (χ4n) is 2.85. The van der Waals surface area contributed by atoms with Crippen molar-refractivity contribution in [3.63, 3.8) is 0 Å². The molecule has 4 nitrogen and oxygen atoms in total. The first-order valence-corrected chi connectivity index (χ1v) is 11.5. The Labute approximate surface area is 207 Å². The molecule has 10 heteroatoms. The zero-order valence-corrected chi connectivity index (χ0v) is 20.0. The van der Waals surface area contributed by atoms with Crippen molar-refractivity contribution in [2.24, 2.45) is 0 Å². The first-order valence-electron chi connectivity index (χ1n) is 8.74. The highest BCUT2D eigenvalue weighted by Gasteiger charge is 2.18. The van der Waals surface area contributed by atoms with Crippen LogP contribution in [0.3, 0.4) is 0 Å². The van der Waals surface area contributed by atoms with E-state index < -0.39 is 5.91 Å². The predicted octanol–water partition coefficient (Wildman–Crippen LogP) is 7.70. The molecule has 4 aromatic rings. The highest BCUT2D eigenvalue weighted by Crippen LogP contribution is 2.40. The van der Waals surface area contributed by atoms with Gasteiger partial charge in [-0.3, -0.25) is 10.1 Å². The van der Waals surface area contributed by atoms with E-state index in [-0.39, 0.29) is 15.7 Å². The average Bonchev–Trinajstić information content (AvgIpc) is 3.13. The lowest BCUT2D eigenvalue weighted by molar-refractivity contribution is 0.0978. The van der Waals surface area contributed by atoms with Crippen LogP contribution in [0.1, 0.15) is 10.4 Å². The minimum absolute atomic E-state index is 0.0441. The van der Waals surface area contributed by atoms with E-state index in [9.17, 15) is 4.79 Å². The van der Waals surface area contributed by atoms with Crippen LogP contribution in [0, 0.1) is 0 Å². The molecule has 0 fully saturated rings. The number of para-hydroxylation sites is 1. The number of anilines is 1. The van der Waals surface area contributed by atoms with Crippen molar-refractivity contribution < 1.29 is 4.79 Å². The molecule has 2 N–H and O–H groups in total. The Kier molecular flexibility index (Phi) is 6.67. The minimum Gasteiger partial charge on any atom is -0.331 e. The summed E-state index contributed by atoms with van der Waals surface area (Å²) in [7, 11) is 0. The molecule has 0 unspecified atom stereocenters. The van der Waals surface area contributed by atoms with Crippen LogP contribution < -0.4 is 10.6 Å². The number of nitrogens with one attached hydrogen (secondary N) is 2. The lowest BCUT2D eigenvalue weighted by Crippen LogP contribution is -2.34. The Hall–Kier alpha value is -1.93. The van der Waals surface area contributed by atoms with Gasteiger partial charge in [-0.05, 0) is 54.7 Å². The molecule has 0 atom stereocenters. The molecule has 3 aromatic carbocycles. The van der Waals surface area contributed by atoms with Crippen molar-refractivity contribution in [1.29, 1.82) is 0 Å². The van der Waals surface area contributed by atoms with Gasteiger partial charge in [0, 0.05) is 15.6 Å². The zero-order valence-electron chi connectivity index (χ0n) is 15.4. The van der Waals surface area contributed by atoms with Crippen LogP contribution in [-0.2, 0) is 0 Å². The van der Waals surface area contributed by atoms with Gasteiger partial charge in [0.05, 0.1) is 31.5 Å². The molecular weight excluding hydrogens is 516 g/mol. The normalized spacial score (nSPS) is 10.8. The van der Waals surface area contributed by atoms with Crippen LogP contribution >= 0.6 is 70.0 Å². The molecule has 4 rings (SSSR count). The Bertz CT molecular complexity index is 1310. The maximum absolute atomic E-state index is 12.6. The number of rotatable bonds is 3. The SMILES string of the molecule is O=C(NC(=S)Nc1c(Cl)cc(Cl)cc1-c1nc2ccccc2s1)c1ccc(Cl)cc1Cl. The molecule has 0 radical (unpaired) electrons. The van der Waals surface area contributed by atoms with Crippen LogP contribution in [-0.4, -0.2) is 16.0 Å². The van der Waals surface area contributed by atoms with Gasteiger partial charge < -0.3 is 5.32 Å². The average molecular weight is 527 g/mol. The van der Waals surface area contributed by atoms with Gasteiger partial charge in [0.25, 0.3) is 5.91 Å². The Balaban J connectivity index is 1.63. The summed E-state index contributed by atoms with van der Waals surface area (Å²) >= 11 is 31.5. The maximum Gasteiger partial charge on any atom is 0.258 e. The summed E-state index contributed by atoms with van der Waals surface area (Å²) in [6.07, 6.45) is 0. The van der Waals surface area contributed by atoms with Crippen LogP contribution in [0.2, 0.25) is 20.1 Å². The van der Waals surface area contributed by atoms with E-state index in [1.807, 2.05) is 24.3 Å². The third kappa shape index (κ3) is 4.95. The largest absolute Gasteiger partial charge is 0.331 e. The van der Waals surface area contributed by atoms with Crippen molar-refractivity contribution in [2.45, 2.75) is 0 Å². The first-order chi connectivity index (χ1) is 14.8. The molecule has 0 spiro atoms. The number of carbonyl (C=O) groups is 1. The summed E-state index contributed by atoms with van der Waals surface area (Å²) in [6, 6.07) is 15.7. The van der Waals surface area contributed by atoms with Gasteiger partial charge in [0.15, 0.2) is 5.11 Å². The molecule has 0 aliphatic heterocycles. The number of amides is 1. The number of carbonyl (C=O) groups excluding carboxylic acids is 1. The number of thiazole rings is 1. The van der Waals surface area contributed by atoms with E-state index >= 15 is 0 Å². The van der Waals surface area contributed by atoms with Gasteiger partial charge >= 0.3 is 0 Å². The van der Waals surface area contributed by atoms with Crippen LogP contribution in [0.4, 0.5) is 5.69 Å². The fourth-order valence-corrected chi connectivity index (χ4v) is 5.06. The number of hydrogen-bond donors (Lipinski definition) is 2. The summed E-state index contributed by atoms with van der Waals surface area (Å²) < 4.78 is 1.02. The van der Waals surface area contributed by atoms with E-state index in [1.165, 1.54) is 23.5 Å². The molecule has 0 saturated heterocycles. The molecule has 1 aromatic heterocycles. The number of aromatic nitrogens is 1. The summed E-state index contributed by atoms with van der Waals surface area (Å²) in [4.78, 5) is 17.2. The van der Waals surface area contributed by atoms with Crippen molar-refractivity contribution in [1.82, 2.24) is 10.3 Å². The quantitative estimate of drug-likeness (QED) is 0.268. The number of benzene rings is 3. The molecule has 1 amide bonds. The fraction of sp³-hybridized carbons (Fsp3) is 0. The van der Waals surface area contributed by atoms with Crippen LogP contribution in [0.5, 0.6) is 0 Å². The maximum atomic E-state index is 12.6. The third-order valence-corrected chi connectivity index (χ3v) is 6.56. The molecule has 0 saturated carbocycles. The molecular formula is C21H11Cl4N3OS2. The lowest BCUT2D eigenvalue weighted by atomic mass is 10.2. The number of nitrogens with zero attached hydrogens (tertiary/aromatic N) is 1. The topological polar surface area (TPSA) is 54.0 Å². The van der Waals surface area contributed by atoms with Gasteiger partial charge in [-0.2, -0.15) is 0 Å². The van der Waals surface area contributed by atoms with Gasteiger partial charge in [0.2, 0.25) is 0 Å². The zero-order chi connectivity index (χ0) is 22.1. The second-order valence-corrected chi connectivity index (χ2v) is 9.46. The summed E-state index contributed by atoms with van der Waals surface area (Å²) in [5.41, 5.74) is 2.25. The van der Waals surface area contributed by atoms with E-state index in [0.29, 0.717) is 31.3 Å². The van der Waals surface area contributed by atoms with Crippen molar-refractivity contribution in [3.05, 3.63) is 80.3 Å². The monoisotopic (exact) mass is 525 g/mol. The molecule has 156 valence electrons. The smallest absolute Gasteiger partial charge is 0.258 e. The van der Waals surface area contributed by atoms with Gasteiger partial charge in [-0.1, -0.05) is 58.5 Å². The summed E-state index contributed by atoms with van der Waals surface area (Å²) in [5, 5.41) is 7.77. The third-order valence-electron chi connectivity index (χ3n) is 4.22. The van der Waals surface area contributed by atoms with Crippen molar-refractivity contribution in [3.8, 4) is 10.6 Å². The second kappa shape index (κ2) is 9.28. The Morgan fingerprint density at radius 2 is 1.68 bits per heavy atom. The standard InChI is InChI=1S/C21H11Cl4N3OS2/c22-10-5-6-12(14(24)8-10)19(29)28-21(30)27-18-13(7-11(23)9-15(18)25)20-26-16-3-1-2-4-17(16)31-20/h1-9H,(H2,27,28,29,30). The summed E-state index contributed by atoms with van der Waals surface area (Å²) in [6.45, 7) is 0. The number of thiocarbonyl (C=S) groups is 1. The highest BCUT2D eigenvalue weighted by molar-refractivity contribution is 7.80. The minimum atomic E-state index is -0.481. The number of hydrogen-bond acceptors (Lipinski definition) is 4. The molecule has 0 bridgehead atoms. The summed E-state index contributed by atoms with van der Waals surface area (Å²) in [5.74, 6) is -0.481. The van der Waals surface area contributed by atoms with Gasteiger partial charge in [0.1, 0.15) is 5.01 Å². The second-order valence-electron chi connectivity index (χ2n) is 6.33. The predicted molar refractivity (Wildman–Crippen MR) is 135 cm³/mol. The van der Waals surface area contributed by atoms with Crippen molar-refractivity contribution >= 4 is 96.9 Å². The van der Waals surface area contributed by atoms with E-state index in [2.05, 4.69) is 15.6 Å². The van der Waals surface area contributed by atoms with E-state index in [4.69, 9.17) is 58.6 Å². The molecule has 0 aliphatic carbocycles. The van der Waals surface area contributed by atoms with Gasteiger partial charge in [-0.25, -0.2) is 4.98 Å². The molecule has 1 heterocycles. The molecule has 31 heavy (non-hydrogen) atoms. The molecule has 0 aliphatic rings. The number of fused-ring (bicyclic) bond motifs is 1. The van der Waals surface area contributed by atoms with Gasteiger partial charge in [-0.15, -0.1) is 11.3 Å². The first kappa shape index (κ1) is 22.3. The lowest BCUT2D eigenvalue weighted by Gasteiger charge is -2.15. The van der Waals surface area contributed by atoms with E-state index in [1.54, 1.807) is 18.2 Å². The van der Waals surface area contributed by atoms with Crippen LogP contribution in [0.25, 0.3) is 20.8 Å². The highest BCUT2D eigenvalue weighted by atomic mass is 35.5. The van der Waals surface area contributed by atoms with Crippen molar-refractivity contribution in [2.75, 3.05) is 5.32 Å². The Morgan fingerprint density at radius 3 is 2.42 bits per heavy atom. The van der Waals surface area contributed by atoms with E-state index in [0.717, 1.165) is 10.2 Å². The van der Waals surface area contributed by atoms with Crippen LogP contribution in [0.15, 0.2) is 54.6 Å². The number of halogens is 4. The Morgan fingerprint density at radius 1 is 0.935 bits per heavy atom.